The molecule has 0 aliphatic heterocycles. The standard InChI is InChI=1S/C10H8O.BClH2/c11-10-7-3-5-8-4-1-2-6-9(8)10;1-2/h1-7,11H;1H2. The molecule has 0 atom stereocenters. The lowest BCUT2D eigenvalue weighted by Gasteiger charge is -1.97. The molecule has 13 heavy (non-hydrogen) atoms. The molecule has 66 valence electrons. The Hall–Kier alpha value is -1.15. The summed E-state index contributed by atoms with van der Waals surface area (Å²) >= 11 is 4.64. The first-order valence-electron chi connectivity index (χ1n) is 3.92. The third-order valence-corrected chi connectivity index (χ3v) is 1.77. The van der Waals surface area contributed by atoms with Gasteiger partial charge in [0.05, 0.1) is 0 Å². The second-order valence-electron chi connectivity index (χ2n) is 2.50. The largest absolute Gasteiger partial charge is 0.507 e. The number of phenolic OH excluding ortho intramolecular Hbond substituents is 1. The van der Waals surface area contributed by atoms with Crippen LogP contribution < -0.4 is 0 Å². The minimum absolute atomic E-state index is 0.350. The van der Waals surface area contributed by atoms with E-state index in [4.69, 9.17) is 0 Å². The van der Waals surface area contributed by atoms with Crippen LogP contribution in [0.3, 0.4) is 0 Å². The van der Waals surface area contributed by atoms with Crippen LogP contribution in [0.2, 0.25) is 0 Å². The van der Waals surface area contributed by atoms with Crippen LogP contribution in [0.1, 0.15) is 0 Å². The predicted molar refractivity (Wildman–Crippen MR) is 60.0 cm³/mol. The lowest BCUT2D eigenvalue weighted by atomic mass is 10.1. The average molecular weight is 192 g/mol. The zero-order valence-corrected chi connectivity index (χ0v) is 8.12. The molecule has 0 aliphatic carbocycles. The Bertz CT molecular complexity index is 384. The molecule has 0 saturated heterocycles. The maximum absolute atomic E-state index is 9.37. The van der Waals surface area contributed by atoms with Crippen molar-refractivity contribution in [1.82, 2.24) is 0 Å². The zero-order valence-electron chi connectivity index (χ0n) is 7.37. The van der Waals surface area contributed by atoms with Gasteiger partial charge in [-0.3, -0.25) is 0 Å². The number of aromatic hydroxyl groups is 1. The number of hydrogen-bond acceptors (Lipinski definition) is 1. The number of phenols is 1. The van der Waals surface area contributed by atoms with Gasteiger partial charge in [0, 0.05) is 5.39 Å². The van der Waals surface area contributed by atoms with Crippen molar-refractivity contribution in [2.24, 2.45) is 0 Å². The number of halogens is 1. The van der Waals surface area contributed by atoms with Gasteiger partial charge in [-0.05, 0) is 11.5 Å². The number of rotatable bonds is 0. The maximum Gasteiger partial charge on any atom is 0.215 e. The lowest BCUT2D eigenvalue weighted by molar-refractivity contribution is 0.481. The first-order valence-corrected chi connectivity index (χ1v) is 4.68. The molecule has 1 N–H and O–H groups in total. The minimum Gasteiger partial charge on any atom is -0.507 e. The van der Waals surface area contributed by atoms with Crippen LogP contribution in [0.25, 0.3) is 10.8 Å². The Morgan fingerprint density at radius 2 is 1.54 bits per heavy atom. The van der Waals surface area contributed by atoms with E-state index in [0.29, 0.717) is 5.75 Å². The molecular formula is C10H10BClO. The van der Waals surface area contributed by atoms with Gasteiger partial charge >= 0.3 is 0 Å². The van der Waals surface area contributed by atoms with Crippen LogP contribution in [0.5, 0.6) is 5.75 Å². The van der Waals surface area contributed by atoms with E-state index in [2.05, 4.69) is 11.5 Å². The molecular weight excluding hydrogens is 182 g/mol. The van der Waals surface area contributed by atoms with Crippen molar-refractivity contribution in [3.05, 3.63) is 42.5 Å². The van der Waals surface area contributed by atoms with Crippen LogP contribution in [0.4, 0.5) is 0 Å². The van der Waals surface area contributed by atoms with E-state index in [1.807, 2.05) is 36.4 Å². The van der Waals surface area contributed by atoms with E-state index < -0.39 is 0 Å². The van der Waals surface area contributed by atoms with Gasteiger partial charge in [0.25, 0.3) is 0 Å². The van der Waals surface area contributed by atoms with E-state index in [9.17, 15) is 5.11 Å². The summed E-state index contributed by atoms with van der Waals surface area (Å²) in [6.07, 6.45) is 0. The number of benzene rings is 2. The van der Waals surface area contributed by atoms with Gasteiger partial charge < -0.3 is 5.11 Å². The molecule has 2 aromatic carbocycles. The highest BCUT2D eigenvalue weighted by atomic mass is 35.5. The summed E-state index contributed by atoms with van der Waals surface area (Å²) in [5.74, 6) is 0.350. The molecule has 0 aromatic heterocycles. The van der Waals surface area contributed by atoms with Gasteiger partial charge in [0.2, 0.25) is 7.26 Å². The van der Waals surface area contributed by atoms with Crippen molar-refractivity contribution in [2.75, 3.05) is 0 Å². The highest BCUT2D eigenvalue weighted by Crippen LogP contribution is 2.22. The summed E-state index contributed by atoms with van der Waals surface area (Å²) in [5, 5.41) is 11.4. The maximum atomic E-state index is 9.37. The molecule has 2 rings (SSSR count). The van der Waals surface area contributed by atoms with Crippen LogP contribution in [-0.4, -0.2) is 12.4 Å². The molecule has 0 unspecified atom stereocenters. The third-order valence-electron chi connectivity index (χ3n) is 1.77. The van der Waals surface area contributed by atoms with Crippen LogP contribution in [0, 0.1) is 0 Å². The molecule has 3 heteroatoms. The fourth-order valence-electron chi connectivity index (χ4n) is 1.21. The van der Waals surface area contributed by atoms with E-state index in [-0.39, 0.29) is 0 Å². The summed E-state index contributed by atoms with van der Waals surface area (Å²) < 4.78 is 0. The topological polar surface area (TPSA) is 20.2 Å². The van der Waals surface area contributed by atoms with E-state index >= 15 is 0 Å². The average Bonchev–Trinajstić information content (AvgIpc) is 2.22. The molecule has 0 aliphatic rings. The van der Waals surface area contributed by atoms with Gasteiger partial charge in [0.1, 0.15) is 5.75 Å². The van der Waals surface area contributed by atoms with Crippen molar-refractivity contribution in [2.45, 2.75) is 0 Å². The summed E-state index contributed by atoms with van der Waals surface area (Å²) in [5.41, 5.74) is 0. The van der Waals surface area contributed by atoms with E-state index in [1.54, 1.807) is 6.07 Å². The number of hydrogen-bond donors (Lipinski definition) is 1. The fourth-order valence-corrected chi connectivity index (χ4v) is 1.21. The Kier molecular flexibility index (Phi) is 3.65. The highest BCUT2D eigenvalue weighted by molar-refractivity contribution is 6.80. The molecule has 2 aromatic rings. The lowest BCUT2D eigenvalue weighted by Crippen LogP contribution is -1.70. The van der Waals surface area contributed by atoms with Crippen molar-refractivity contribution >= 4 is 29.5 Å². The van der Waals surface area contributed by atoms with Gasteiger partial charge in [-0.25, -0.2) is 11.5 Å². The molecule has 1 nitrogen and oxygen atoms in total. The Balaban J connectivity index is 0.000000396. The van der Waals surface area contributed by atoms with Gasteiger partial charge in [-0.2, -0.15) is 0 Å². The Morgan fingerprint density at radius 3 is 2.23 bits per heavy atom. The first-order chi connectivity index (χ1) is 6.38. The monoisotopic (exact) mass is 192 g/mol. The molecule has 0 bridgehead atoms. The van der Waals surface area contributed by atoms with Crippen LogP contribution >= 0.6 is 11.5 Å². The molecule has 0 amide bonds. The smallest absolute Gasteiger partial charge is 0.215 e. The SMILES string of the molecule is BCl.Oc1cccc2ccccc12. The van der Waals surface area contributed by atoms with E-state index in [0.717, 1.165) is 10.8 Å². The fraction of sp³-hybridized carbons (Fsp3) is 0. The molecule has 0 heterocycles. The minimum atomic E-state index is 0.350. The normalized spacial score (nSPS) is 9.00. The summed E-state index contributed by atoms with van der Waals surface area (Å²) in [6, 6.07) is 13.3. The van der Waals surface area contributed by atoms with Gasteiger partial charge in [-0.1, -0.05) is 36.4 Å². The molecule has 0 saturated carbocycles. The van der Waals surface area contributed by atoms with Crippen molar-refractivity contribution in [3.8, 4) is 5.75 Å². The molecule has 0 fully saturated rings. The zero-order chi connectivity index (χ0) is 9.68. The summed E-state index contributed by atoms with van der Waals surface area (Å²) in [4.78, 5) is 0. The summed E-state index contributed by atoms with van der Waals surface area (Å²) in [7, 11) is 1.47. The van der Waals surface area contributed by atoms with Gasteiger partial charge in [0.15, 0.2) is 0 Å². The Morgan fingerprint density at radius 1 is 0.923 bits per heavy atom. The van der Waals surface area contributed by atoms with Crippen LogP contribution in [0.15, 0.2) is 42.5 Å². The predicted octanol–water partition coefficient (Wildman–Crippen LogP) is 2.32. The molecule has 0 spiro atoms. The molecule has 0 radical (unpaired) electrons. The summed E-state index contributed by atoms with van der Waals surface area (Å²) in [6.45, 7) is 0. The number of fused-ring (bicyclic) bond motifs is 1. The second-order valence-corrected chi connectivity index (χ2v) is 2.50. The third kappa shape index (κ3) is 2.16. The Labute approximate surface area is 83.3 Å². The quantitative estimate of drug-likeness (QED) is 0.635. The van der Waals surface area contributed by atoms with Crippen molar-refractivity contribution in [1.29, 1.82) is 0 Å². The first kappa shape index (κ1) is 9.94. The van der Waals surface area contributed by atoms with Crippen molar-refractivity contribution in [3.63, 3.8) is 0 Å². The highest BCUT2D eigenvalue weighted by Gasteiger charge is 1.94. The van der Waals surface area contributed by atoms with Gasteiger partial charge in [-0.15, -0.1) is 0 Å². The van der Waals surface area contributed by atoms with E-state index in [1.165, 1.54) is 7.26 Å². The second kappa shape index (κ2) is 4.78. The van der Waals surface area contributed by atoms with Crippen LogP contribution in [-0.2, 0) is 0 Å². The van der Waals surface area contributed by atoms with Crippen molar-refractivity contribution < 1.29 is 5.11 Å².